The summed E-state index contributed by atoms with van der Waals surface area (Å²) in [6.07, 6.45) is 0.386. The van der Waals surface area contributed by atoms with Crippen molar-refractivity contribution in [1.29, 1.82) is 0 Å². The molecular formula is C12H14BrFO3. The lowest BCUT2D eigenvalue weighted by molar-refractivity contribution is -0.147. The lowest BCUT2D eigenvalue weighted by atomic mass is 9.90. The number of ether oxygens (including phenoxy) is 1. The SMILES string of the molecule is CC(C)(CCOc1ccc(F)c(Br)c1)C(=O)O. The molecule has 1 rings (SSSR count). The third-order valence-electron chi connectivity index (χ3n) is 2.47. The monoisotopic (exact) mass is 304 g/mol. The zero-order valence-corrected chi connectivity index (χ0v) is 11.3. The van der Waals surface area contributed by atoms with Crippen LogP contribution in [0, 0.1) is 11.2 Å². The molecule has 94 valence electrons. The molecule has 0 unspecified atom stereocenters. The Hall–Kier alpha value is -1.10. The van der Waals surface area contributed by atoms with E-state index in [2.05, 4.69) is 15.9 Å². The van der Waals surface area contributed by atoms with Crippen LogP contribution in [0.15, 0.2) is 22.7 Å². The Bertz CT molecular complexity index is 418. The Morgan fingerprint density at radius 1 is 1.53 bits per heavy atom. The average Bonchev–Trinajstić information content (AvgIpc) is 2.23. The smallest absolute Gasteiger partial charge is 0.309 e. The third-order valence-corrected chi connectivity index (χ3v) is 3.07. The molecule has 0 spiro atoms. The fourth-order valence-corrected chi connectivity index (χ4v) is 1.46. The molecule has 0 aromatic heterocycles. The van der Waals surface area contributed by atoms with Crippen molar-refractivity contribution in [2.75, 3.05) is 6.61 Å². The van der Waals surface area contributed by atoms with Gasteiger partial charge in [0.1, 0.15) is 11.6 Å². The highest BCUT2D eigenvalue weighted by Crippen LogP contribution is 2.24. The van der Waals surface area contributed by atoms with Gasteiger partial charge in [-0.1, -0.05) is 0 Å². The molecule has 0 saturated heterocycles. The van der Waals surface area contributed by atoms with E-state index in [1.54, 1.807) is 13.8 Å². The number of hydrogen-bond acceptors (Lipinski definition) is 2. The highest BCUT2D eigenvalue weighted by molar-refractivity contribution is 9.10. The number of carboxylic acids is 1. The first-order valence-electron chi connectivity index (χ1n) is 5.14. The van der Waals surface area contributed by atoms with Crippen molar-refractivity contribution < 1.29 is 19.0 Å². The van der Waals surface area contributed by atoms with E-state index in [-0.39, 0.29) is 12.4 Å². The molecule has 3 nitrogen and oxygen atoms in total. The number of carbonyl (C=O) groups is 1. The van der Waals surface area contributed by atoms with Crippen LogP contribution in [0.2, 0.25) is 0 Å². The summed E-state index contributed by atoms with van der Waals surface area (Å²) < 4.78 is 18.6. The van der Waals surface area contributed by atoms with E-state index < -0.39 is 11.4 Å². The van der Waals surface area contributed by atoms with Crippen molar-refractivity contribution in [3.63, 3.8) is 0 Å². The molecule has 0 saturated carbocycles. The molecular weight excluding hydrogens is 291 g/mol. The second-order valence-electron chi connectivity index (χ2n) is 4.36. The van der Waals surface area contributed by atoms with Gasteiger partial charge in [-0.2, -0.15) is 0 Å². The zero-order valence-electron chi connectivity index (χ0n) is 9.67. The van der Waals surface area contributed by atoms with Crippen molar-refractivity contribution in [2.45, 2.75) is 20.3 Å². The summed E-state index contributed by atoms with van der Waals surface area (Å²) in [6.45, 7) is 3.55. The molecule has 1 aromatic rings. The van der Waals surface area contributed by atoms with Crippen LogP contribution in [0.4, 0.5) is 4.39 Å². The fraction of sp³-hybridized carbons (Fsp3) is 0.417. The highest BCUT2D eigenvalue weighted by atomic mass is 79.9. The van der Waals surface area contributed by atoms with E-state index >= 15 is 0 Å². The van der Waals surface area contributed by atoms with Gasteiger partial charge in [0.2, 0.25) is 0 Å². The maximum Gasteiger partial charge on any atom is 0.309 e. The molecule has 5 heteroatoms. The van der Waals surface area contributed by atoms with E-state index in [1.165, 1.54) is 18.2 Å². The summed E-state index contributed by atoms with van der Waals surface area (Å²) >= 11 is 3.05. The van der Waals surface area contributed by atoms with Crippen molar-refractivity contribution >= 4 is 21.9 Å². The molecule has 0 aliphatic carbocycles. The average molecular weight is 305 g/mol. The maximum atomic E-state index is 12.9. The van der Waals surface area contributed by atoms with E-state index in [9.17, 15) is 9.18 Å². The summed E-state index contributed by atoms with van der Waals surface area (Å²) in [7, 11) is 0. The molecule has 1 N–H and O–H groups in total. The largest absolute Gasteiger partial charge is 0.494 e. The first kappa shape index (κ1) is 14.0. The van der Waals surface area contributed by atoms with Crippen molar-refractivity contribution in [2.24, 2.45) is 5.41 Å². The Labute approximate surface area is 108 Å². The van der Waals surface area contributed by atoms with Crippen LogP contribution < -0.4 is 4.74 Å². The summed E-state index contributed by atoms with van der Waals surface area (Å²) in [5, 5.41) is 8.91. The molecule has 0 fully saturated rings. The van der Waals surface area contributed by atoms with Crippen LogP contribution in [0.5, 0.6) is 5.75 Å². The van der Waals surface area contributed by atoms with Gasteiger partial charge in [-0.3, -0.25) is 4.79 Å². The number of aliphatic carboxylic acids is 1. The van der Waals surface area contributed by atoms with Crippen LogP contribution in [0.3, 0.4) is 0 Å². The molecule has 0 radical (unpaired) electrons. The van der Waals surface area contributed by atoms with Gasteiger partial charge in [-0.25, -0.2) is 4.39 Å². The number of benzene rings is 1. The van der Waals surface area contributed by atoms with Crippen LogP contribution in [0.1, 0.15) is 20.3 Å². The number of halogens is 2. The summed E-state index contributed by atoms with van der Waals surface area (Å²) in [5.41, 5.74) is -0.822. The van der Waals surface area contributed by atoms with Gasteiger partial charge >= 0.3 is 5.97 Å². The Kier molecular flexibility index (Phi) is 4.51. The number of rotatable bonds is 5. The van der Waals surface area contributed by atoms with Crippen molar-refractivity contribution in [3.05, 3.63) is 28.5 Å². The van der Waals surface area contributed by atoms with E-state index in [1.807, 2.05) is 0 Å². The summed E-state index contributed by atoms with van der Waals surface area (Å²) in [5.74, 6) is -0.705. The van der Waals surface area contributed by atoms with Gasteiger partial charge in [0, 0.05) is 0 Å². The Morgan fingerprint density at radius 2 is 2.18 bits per heavy atom. The Morgan fingerprint density at radius 3 is 2.71 bits per heavy atom. The summed E-state index contributed by atoms with van der Waals surface area (Å²) in [4.78, 5) is 10.8. The van der Waals surface area contributed by atoms with Crippen LogP contribution in [-0.2, 0) is 4.79 Å². The van der Waals surface area contributed by atoms with Crippen LogP contribution in [0.25, 0.3) is 0 Å². The molecule has 0 aliphatic heterocycles. The standard InChI is InChI=1S/C12H14BrFO3/c1-12(2,11(15)16)5-6-17-8-3-4-10(14)9(13)7-8/h3-4,7H,5-6H2,1-2H3,(H,15,16). The first-order valence-corrected chi connectivity index (χ1v) is 5.93. The third kappa shape index (κ3) is 4.00. The molecule has 0 atom stereocenters. The van der Waals surface area contributed by atoms with E-state index in [4.69, 9.17) is 9.84 Å². The summed E-state index contributed by atoms with van der Waals surface area (Å²) in [6, 6.07) is 4.32. The molecule has 17 heavy (non-hydrogen) atoms. The van der Waals surface area contributed by atoms with E-state index in [0.717, 1.165) is 0 Å². The highest BCUT2D eigenvalue weighted by Gasteiger charge is 2.26. The fourth-order valence-electron chi connectivity index (χ4n) is 1.10. The predicted molar refractivity (Wildman–Crippen MR) is 65.6 cm³/mol. The minimum Gasteiger partial charge on any atom is -0.494 e. The van der Waals surface area contributed by atoms with Gasteiger partial charge < -0.3 is 9.84 Å². The Balaban J connectivity index is 2.51. The second-order valence-corrected chi connectivity index (χ2v) is 5.22. The number of carboxylic acid groups (broad SMARTS) is 1. The van der Waals surface area contributed by atoms with Gasteiger partial charge in [0.15, 0.2) is 0 Å². The number of hydrogen-bond donors (Lipinski definition) is 1. The predicted octanol–water partition coefficient (Wildman–Crippen LogP) is 3.47. The maximum absolute atomic E-state index is 12.9. The minimum atomic E-state index is -0.860. The van der Waals surface area contributed by atoms with Gasteiger partial charge in [-0.05, 0) is 54.4 Å². The zero-order chi connectivity index (χ0) is 13.1. The molecule has 1 aromatic carbocycles. The molecule has 0 heterocycles. The quantitative estimate of drug-likeness (QED) is 0.906. The molecule has 0 bridgehead atoms. The topological polar surface area (TPSA) is 46.5 Å². The van der Waals surface area contributed by atoms with Crippen molar-refractivity contribution in [1.82, 2.24) is 0 Å². The van der Waals surface area contributed by atoms with Gasteiger partial charge in [0.25, 0.3) is 0 Å². The lowest BCUT2D eigenvalue weighted by Gasteiger charge is -2.18. The second kappa shape index (κ2) is 5.49. The van der Waals surface area contributed by atoms with Crippen LogP contribution >= 0.6 is 15.9 Å². The van der Waals surface area contributed by atoms with E-state index in [0.29, 0.717) is 16.6 Å². The molecule has 0 amide bonds. The first-order chi connectivity index (χ1) is 7.83. The van der Waals surface area contributed by atoms with Gasteiger partial charge in [0.05, 0.1) is 16.5 Å². The lowest BCUT2D eigenvalue weighted by Crippen LogP contribution is -2.25. The van der Waals surface area contributed by atoms with Crippen LogP contribution in [-0.4, -0.2) is 17.7 Å². The minimum absolute atomic E-state index is 0.275. The normalized spacial score (nSPS) is 11.3. The van der Waals surface area contributed by atoms with Crippen molar-refractivity contribution in [3.8, 4) is 5.75 Å². The molecule has 0 aliphatic rings. The van der Waals surface area contributed by atoms with Gasteiger partial charge in [-0.15, -0.1) is 0 Å².